The molecule has 34 heavy (non-hydrogen) atoms. The Hall–Kier alpha value is -2.94. The third-order valence-electron chi connectivity index (χ3n) is 5.53. The van der Waals surface area contributed by atoms with Crippen LogP contribution in [0.15, 0.2) is 30.0 Å². The van der Waals surface area contributed by atoms with Crippen molar-refractivity contribution in [3.05, 3.63) is 63.0 Å². The SMILES string of the molecule is C/C=c1/c(C)nnc(NCc2cccc(C(F)(F)F)c2F)/c1=C/C(=C/CC)N1CCCC1.CN. The van der Waals surface area contributed by atoms with Crippen LogP contribution in [0.2, 0.25) is 0 Å². The molecule has 0 bridgehead atoms. The van der Waals surface area contributed by atoms with Crippen LogP contribution in [0.4, 0.5) is 23.4 Å². The van der Waals surface area contributed by atoms with Crippen molar-refractivity contribution >= 4 is 18.0 Å². The third kappa shape index (κ3) is 6.56. The molecule has 1 aromatic heterocycles. The van der Waals surface area contributed by atoms with Gasteiger partial charge in [0.1, 0.15) is 5.82 Å². The van der Waals surface area contributed by atoms with Crippen molar-refractivity contribution in [3.63, 3.8) is 0 Å². The number of nitrogens with two attached hydrogens (primary N) is 1. The molecule has 1 saturated heterocycles. The van der Waals surface area contributed by atoms with E-state index in [9.17, 15) is 17.6 Å². The molecule has 186 valence electrons. The van der Waals surface area contributed by atoms with E-state index in [1.807, 2.05) is 26.0 Å². The van der Waals surface area contributed by atoms with Crippen LogP contribution in [0.1, 0.15) is 49.9 Å². The Balaban J connectivity index is 0.00000199. The molecule has 3 rings (SSSR count). The lowest BCUT2D eigenvalue weighted by atomic mass is 10.1. The molecule has 0 amide bonds. The van der Waals surface area contributed by atoms with Crippen molar-refractivity contribution < 1.29 is 17.6 Å². The molecular formula is C25H33F4N5. The van der Waals surface area contributed by atoms with E-state index < -0.39 is 17.6 Å². The van der Waals surface area contributed by atoms with Crippen molar-refractivity contribution in [2.75, 3.05) is 25.5 Å². The van der Waals surface area contributed by atoms with Gasteiger partial charge in [0.05, 0.1) is 11.3 Å². The number of rotatable bonds is 6. The maximum absolute atomic E-state index is 14.5. The van der Waals surface area contributed by atoms with E-state index in [1.54, 1.807) is 0 Å². The summed E-state index contributed by atoms with van der Waals surface area (Å²) >= 11 is 0. The van der Waals surface area contributed by atoms with Crippen LogP contribution in [-0.4, -0.2) is 35.2 Å². The fraction of sp³-hybridized carbons (Fsp3) is 0.440. The second-order valence-electron chi connectivity index (χ2n) is 7.76. The molecule has 3 N–H and O–H groups in total. The zero-order chi connectivity index (χ0) is 25.3. The number of hydrogen-bond acceptors (Lipinski definition) is 5. The molecule has 0 atom stereocenters. The molecule has 1 aliphatic heterocycles. The van der Waals surface area contributed by atoms with E-state index in [4.69, 9.17) is 0 Å². The smallest absolute Gasteiger partial charge is 0.372 e. The molecule has 0 unspecified atom stereocenters. The number of alkyl halides is 3. The summed E-state index contributed by atoms with van der Waals surface area (Å²) in [5.74, 6) is -0.870. The van der Waals surface area contributed by atoms with Crippen LogP contribution in [-0.2, 0) is 12.7 Å². The summed E-state index contributed by atoms with van der Waals surface area (Å²) in [6.07, 6.45) is 4.50. The zero-order valence-electron chi connectivity index (χ0n) is 20.1. The number of aromatic nitrogens is 2. The summed E-state index contributed by atoms with van der Waals surface area (Å²) in [7, 11) is 1.50. The van der Waals surface area contributed by atoms with Crippen LogP contribution >= 0.6 is 0 Å². The first kappa shape index (κ1) is 27.3. The Labute approximate surface area is 198 Å². The number of aryl methyl sites for hydroxylation is 1. The number of hydrogen-bond donors (Lipinski definition) is 2. The molecule has 2 heterocycles. The lowest BCUT2D eigenvalue weighted by Gasteiger charge is -2.19. The number of anilines is 1. The van der Waals surface area contributed by atoms with E-state index in [0.29, 0.717) is 5.82 Å². The number of likely N-dealkylation sites (tertiary alicyclic amines) is 1. The maximum atomic E-state index is 14.5. The molecule has 0 saturated carbocycles. The van der Waals surface area contributed by atoms with E-state index in [0.717, 1.165) is 60.2 Å². The fourth-order valence-electron chi connectivity index (χ4n) is 3.92. The second-order valence-corrected chi connectivity index (χ2v) is 7.76. The van der Waals surface area contributed by atoms with Crippen molar-refractivity contribution in [3.8, 4) is 0 Å². The maximum Gasteiger partial charge on any atom is 0.419 e. The number of halogens is 4. The van der Waals surface area contributed by atoms with Gasteiger partial charge in [-0.2, -0.15) is 18.3 Å². The van der Waals surface area contributed by atoms with Crippen molar-refractivity contribution in [2.45, 2.75) is 52.8 Å². The van der Waals surface area contributed by atoms with Gasteiger partial charge >= 0.3 is 6.18 Å². The first-order valence-corrected chi connectivity index (χ1v) is 11.4. The standard InChI is InChI=1S/C24H28F4N4.CH5N/c1-4-9-18(32-12-6-7-13-32)14-20-19(5-2)16(3)30-31-23(20)29-15-17-10-8-11-21(22(17)25)24(26,27)28;1-2/h5,8-11,14H,4,6-7,12-13,15H2,1-3H3,(H,29,31);2H2,1H3/b18-9-,19-5-,20-14+;. The number of benzene rings is 1. The summed E-state index contributed by atoms with van der Waals surface area (Å²) in [6, 6.07) is 3.28. The van der Waals surface area contributed by atoms with E-state index in [1.165, 1.54) is 19.2 Å². The summed E-state index contributed by atoms with van der Waals surface area (Å²) in [6.45, 7) is 7.63. The molecule has 1 aromatic carbocycles. The van der Waals surface area contributed by atoms with E-state index in [2.05, 4.69) is 39.1 Å². The summed E-state index contributed by atoms with van der Waals surface area (Å²) in [5, 5.41) is 13.1. The first-order chi connectivity index (χ1) is 16.3. The quantitative estimate of drug-likeness (QED) is 0.611. The lowest BCUT2D eigenvalue weighted by Crippen LogP contribution is -2.34. The molecule has 5 nitrogen and oxygen atoms in total. The Bertz CT molecular complexity index is 1100. The zero-order valence-corrected chi connectivity index (χ0v) is 20.1. The Kier molecular flexibility index (Phi) is 10.0. The highest BCUT2D eigenvalue weighted by atomic mass is 19.4. The molecule has 0 aliphatic carbocycles. The number of nitrogens with one attached hydrogen (secondary N) is 1. The predicted molar refractivity (Wildman–Crippen MR) is 129 cm³/mol. The van der Waals surface area contributed by atoms with Gasteiger partial charge in [-0.25, -0.2) is 4.39 Å². The monoisotopic (exact) mass is 479 g/mol. The predicted octanol–water partition coefficient (Wildman–Crippen LogP) is 4.10. The minimum Gasteiger partial charge on any atom is -0.372 e. The Morgan fingerprint density at radius 3 is 2.41 bits per heavy atom. The highest BCUT2D eigenvalue weighted by Gasteiger charge is 2.34. The van der Waals surface area contributed by atoms with Crippen molar-refractivity contribution in [1.29, 1.82) is 0 Å². The summed E-state index contributed by atoms with van der Waals surface area (Å²) in [5.41, 5.74) is 4.96. The van der Waals surface area contributed by atoms with Gasteiger partial charge in [0.2, 0.25) is 0 Å². The highest BCUT2D eigenvalue weighted by Crippen LogP contribution is 2.32. The Morgan fingerprint density at radius 1 is 1.15 bits per heavy atom. The van der Waals surface area contributed by atoms with Gasteiger partial charge in [-0.15, -0.1) is 5.10 Å². The molecule has 0 spiro atoms. The van der Waals surface area contributed by atoms with Gasteiger partial charge in [-0.3, -0.25) is 0 Å². The second kappa shape index (κ2) is 12.5. The van der Waals surface area contributed by atoms with Crippen LogP contribution < -0.4 is 21.5 Å². The molecule has 1 fully saturated rings. The molecule has 2 aromatic rings. The van der Waals surface area contributed by atoms with Gasteiger partial charge < -0.3 is 16.0 Å². The molecular weight excluding hydrogens is 446 g/mol. The average molecular weight is 480 g/mol. The number of allylic oxidation sites excluding steroid dienone is 2. The normalized spacial score (nSPS) is 15.4. The van der Waals surface area contributed by atoms with Gasteiger partial charge in [-0.05, 0) is 52.3 Å². The molecule has 0 radical (unpaired) electrons. The Morgan fingerprint density at radius 2 is 1.82 bits per heavy atom. The van der Waals surface area contributed by atoms with Gasteiger partial charge in [0.25, 0.3) is 0 Å². The fourth-order valence-corrected chi connectivity index (χ4v) is 3.92. The van der Waals surface area contributed by atoms with Crippen LogP contribution in [0, 0.1) is 12.7 Å². The van der Waals surface area contributed by atoms with E-state index >= 15 is 0 Å². The molecule has 1 aliphatic rings. The first-order valence-electron chi connectivity index (χ1n) is 11.4. The van der Waals surface area contributed by atoms with E-state index in [-0.39, 0.29) is 12.1 Å². The summed E-state index contributed by atoms with van der Waals surface area (Å²) < 4.78 is 53.7. The largest absolute Gasteiger partial charge is 0.419 e. The lowest BCUT2D eigenvalue weighted by molar-refractivity contribution is -0.140. The highest BCUT2D eigenvalue weighted by molar-refractivity contribution is 5.54. The number of nitrogens with zero attached hydrogens (tertiary/aromatic N) is 3. The third-order valence-corrected chi connectivity index (χ3v) is 5.53. The van der Waals surface area contributed by atoms with Crippen molar-refractivity contribution in [2.24, 2.45) is 5.73 Å². The van der Waals surface area contributed by atoms with Crippen LogP contribution in [0.5, 0.6) is 0 Å². The minimum absolute atomic E-state index is 0.0842. The van der Waals surface area contributed by atoms with Crippen LogP contribution in [0.25, 0.3) is 12.2 Å². The van der Waals surface area contributed by atoms with Gasteiger partial charge in [0.15, 0.2) is 5.82 Å². The van der Waals surface area contributed by atoms with Gasteiger partial charge in [-0.1, -0.05) is 31.2 Å². The van der Waals surface area contributed by atoms with Crippen LogP contribution in [0.3, 0.4) is 0 Å². The topological polar surface area (TPSA) is 67.1 Å². The minimum atomic E-state index is -4.75. The average Bonchev–Trinajstić information content (AvgIpc) is 3.34. The van der Waals surface area contributed by atoms with Gasteiger partial charge in [0, 0.05) is 41.3 Å². The molecule has 9 heteroatoms. The summed E-state index contributed by atoms with van der Waals surface area (Å²) in [4.78, 5) is 2.31. The van der Waals surface area contributed by atoms with Crippen molar-refractivity contribution in [1.82, 2.24) is 15.1 Å².